The third-order valence-corrected chi connectivity index (χ3v) is 4.89. The number of amides is 1. The smallest absolute Gasteiger partial charge is 0.272 e. The Labute approximate surface area is 159 Å². The second-order valence-electron chi connectivity index (χ2n) is 5.62. The van der Waals surface area contributed by atoms with E-state index in [1.54, 1.807) is 12.1 Å². The molecule has 8 heteroatoms. The Morgan fingerprint density at radius 3 is 2.85 bits per heavy atom. The van der Waals surface area contributed by atoms with Crippen LogP contribution in [0.15, 0.2) is 53.5 Å². The number of aromatic nitrogens is 1. The Balaban J connectivity index is 1.91. The van der Waals surface area contributed by atoms with Gasteiger partial charge in [0.1, 0.15) is 11.3 Å². The summed E-state index contributed by atoms with van der Waals surface area (Å²) in [6, 6.07) is 11.8. The van der Waals surface area contributed by atoms with Crippen molar-refractivity contribution in [2.75, 3.05) is 6.61 Å². The minimum Gasteiger partial charge on any atom is -0.492 e. The van der Waals surface area contributed by atoms with E-state index in [4.69, 9.17) is 4.74 Å². The Morgan fingerprint density at radius 2 is 2.11 bits per heavy atom. The summed E-state index contributed by atoms with van der Waals surface area (Å²) in [5.74, 6) is 0.302. The first-order valence-electron chi connectivity index (χ1n) is 8.22. The molecule has 138 valence electrons. The Morgan fingerprint density at radius 1 is 1.33 bits per heavy atom. The van der Waals surface area contributed by atoms with E-state index in [2.05, 4.69) is 4.99 Å². The molecule has 3 aromatic rings. The number of hydrogen-bond acceptors (Lipinski definition) is 5. The van der Waals surface area contributed by atoms with Crippen molar-refractivity contribution in [3.63, 3.8) is 0 Å². The van der Waals surface area contributed by atoms with Crippen LogP contribution in [0.3, 0.4) is 0 Å². The minimum atomic E-state index is -0.475. The standard InChI is InChI=1S/C19H17N3O4S/c1-3-26-15-8-5-9-16-18(15)21(2)19(27-16)20-17(23)11-10-13-6-4-7-14(12-13)22(24)25/h4-12H,3H2,1-2H3. The molecule has 1 aromatic heterocycles. The van der Waals surface area contributed by atoms with E-state index in [0.717, 1.165) is 16.0 Å². The molecule has 27 heavy (non-hydrogen) atoms. The van der Waals surface area contributed by atoms with Crippen molar-refractivity contribution in [1.82, 2.24) is 4.57 Å². The van der Waals surface area contributed by atoms with Gasteiger partial charge in [0.25, 0.3) is 11.6 Å². The maximum absolute atomic E-state index is 12.2. The van der Waals surface area contributed by atoms with Crippen molar-refractivity contribution in [2.45, 2.75) is 6.92 Å². The zero-order valence-corrected chi connectivity index (χ0v) is 15.6. The van der Waals surface area contributed by atoms with Crippen molar-refractivity contribution >= 4 is 39.2 Å². The van der Waals surface area contributed by atoms with Gasteiger partial charge in [0.15, 0.2) is 4.80 Å². The lowest BCUT2D eigenvalue weighted by molar-refractivity contribution is -0.384. The lowest BCUT2D eigenvalue weighted by Gasteiger charge is -2.05. The van der Waals surface area contributed by atoms with Gasteiger partial charge in [-0.05, 0) is 30.7 Å². The number of thiazole rings is 1. The van der Waals surface area contributed by atoms with Crippen LogP contribution in [-0.4, -0.2) is 22.0 Å². The first kappa shape index (κ1) is 18.5. The number of ether oxygens (including phenoxy) is 1. The molecule has 0 N–H and O–H groups in total. The topological polar surface area (TPSA) is 86.7 Å². The first-order valence-corrected chi connectivity index (χ1v) is 9.04. The highest BCUT2D eigenvalue weighted by atomic mass is 32.1. The van der Waals surface area contributed by atoms with Gasteiger partial charge in [-0.15, -0.1) is 0 Å². The number of fused-ring (bicyclic) bond motifs is 1. The van der Waals surface area contributed by atoms with E-state index in [0.29, 0.717) is 17.0 Å². The van der Waals surface area contributed by atoms with Crippen LogP contribution in [0.5, 0.6) is 5.75 Å². The molecule has 0 saturated carbocycles. The number of nitrogens with zero attached hydrogens (tertiary/aromatic N) is 3. The molecule has 0 aliphatic rings. The first-order chi connectivity index (χ1) is 13.0. The molecule has 3 rings (SSSR count). The maximum atomic E-state index is 12.2. The van der Waals surface area contributed by atoms with E-state index in [9.17, 15) is 14.9 Å². The van der Waals surface area contributed by atoms with Crippen molar-refractivity contribution in [2.24, 2.45) is 12.0 Å². The second kappa shape index (κ2) is 7.96. The van der Waals surface area contributed by atoms with E-state index in [1.807, 2.05) is 36.7 Å². The number of rotatable bonds is 5. The van der Waals surface area contributed by atoms with Crippen molar-refractivity contribution in [3.8, 4) is 5.75 Å². The molecule has 0 atom stereocenters. The minimum absolute atomic E-state index is 0.0269. The van der Waals surface area contributed by atoms with Crippen LogP contribution in [0.25, 0.3) is 16.3 Å². The van der Waals surface area contributed by atoms with Crippen LogP contribution in [0.2, 0.25) is 0 Å². The molecule has 0 spiro atoms. The Bertz CT molecular complexity index is 1110. The van der Waals surface area contributed by atoms with Gasteiger partial charge in [-0.1, -0.05) is 29.5 Å². The highest BCUT2D eigenvalue weighted by Crippen LogP contribution is 2.26. The van der Waals surface area contributed by atoms with Crippen LogP contribution in [0, 0.1) is 10.1 Å². The lowest BCUT2D eigenvalue weighted by atomic mass is 10.2. The molecule has 2 aromatic carbocycles. The number of para-hydroxylation sites is 1. The van der Waals surface area contributed by atoms with Crippen molar-refractivity contribution in [3.05, 3.63) is 69.0 Å². The number of carbonyl (C=O) groups is 1. The van der Waals surface area contributed by atoms with Gasteiger partial charge in [0, 0.05) is 25.3 Å². The average molecular weight is 383 g/mol. The predicted octanol–water partition coefficient (Wildman–Crippen LogP) is 3.69. The van der Waals surface area contributed by atoms with Crippen LogP contribution in [0.4, 0.5) is 5.69 Å². The van der Waals surface area contributed by atoms with Gasteiger partial charge in [-0.25, -0.2) is 0 Å². The number of nitro benzene ring substituents is 1. The van der Waals surface area contributed by atoms with Crippen LogP contribution in [0.1, 0.15) is 12.5 Å². The number of aryl methyl sites for hydroxylation is 1. The Hall–Kier alpha value is -3.26. The number of hydrogen-bond donors (Lipinski definition) is 0. The zero-order chi connectivity index (χ0) is 19.4. The molecule has 0 aliphatic carbocycles. The summed E-state index contributed by atoms with van der Waals surface area (Å²) < 4.78 is 8.44. The monoisotopic (exact) mass is 383 g/mol. The summed E-state index contributed by atoms with van der Waals surface area (Å²) in [6.45, 7) is 2.46. The highest BCUT2D eigenvalue weighted by molar-refractivity contribution is 7.16. The summed E-state index contributed by atoms with van der Waals surface area (Å²) in [5, 5.41) is 10.8. The summed E-state index contributed by atoms with van der Waals surface area (Å²) in [6.07, 6.45) is 2.81. The summed E-state index contributed by atoms with van der Waals surface area (Å²) in [4.78, 5) is 27.2. The Kier molecular flexibility index (Phi) is 5.46. The van der Waals surface area contributed by atoms with Crippen LogP contribution >= 0.6 is 11.3 Å². The number of nitro groups is 1. The maximum Gasteiger partial charge on any atom is 0.272 e. The molecule has 0 fully saturated rings. The molecule has 7 nitrogen and oxygen atoms in total. The SMILES string of the molecule is CCOc1cccc2sc(=NC(=O)C=Cc3cccc([N+](=O)[O-])c3)n(C)c12. The second-order valence-corrected chi connectivity index (χ2v) is 6.62. The molecule has 0 radical (unpaired) electrons. The van der Waals surface area contributed by atoms with Gasteiger partial charge < -0.3 is 9.30 Å². The molecular weight excluding hydrogens is 366 g/mol. The van der Waals surface area contributed by atoms with E-state index < -0.39 is 10.8 Å². The third kappa shape index (κ3) is 4.12. The normalized spacial score (nSPS) is 12.0. The summed E-state index contributed by atoms with van der Waals surface area (Å²) >= 11 is 1.39. The fourth-order valence-corrected chi connectivity index (χ4v) is 3.63. The van der Waals surface area contributed by atoms with Gasteiger partial charge in [0.05, 0.1) is 16.2 Å². The lowest BCUT2D eigenvalue weighted by Crippen LogP contribution is -2.12. The zero-order valence-electron chi connectivity index (χ0n) is 14.8. The fourth-order valence-electron chi connectivity index (χ4n) is 2.59. The van der Waals surface area contributed by atoms with Gasteiger partial charge in [-0.3, -0.25) is 14.9 Å². The number of carbonyl (C=O) groups excluding carboxylic acids is 1. The van der Waals surface area contributed by atoms with Gasteiger partial charge >= 0.3 is 0 Å². The molecule has 0 saturated heterocycles. The quantitative estimate of drug-likeness (QED) is 0.382. The van der Waals surface area contributed by atoms with Gasteiger partial charge in [-0.2, -0.15) is 4.99 Å². The van der Waals surface area contributed by atoms with Gasteiger partial charge in [0.2, 0.25) is 0 Å². The van der Waals surface area contributed by atoms with E-state index >= 15 is 0 Å². The van der Waals surface area contributed by atoms with E-state index in [-0.39, 0.29) is 5.69 Å². The van der Waals surface area contributed by atoms with Crippen LogP contribution < -0.4 is 9.54 Å². The number of non-ortho nitro benzene ring substituents is 1. The molecular formula is C19H17N3O4S. The molecule has 1 heterocycles. The average Bonchev–Trinajstić information content (AvgIpc) is 2.97. The summed E-state index contributed by atoms with van der Waals surface area (Å²) in [7, 11) is 1.83. The predicted molar refractivity (Wildman–Crippen MR) is 105 cm³/mol. The van der Waals surface area contributed by atoms with Crippen molar-refractivity contribution < 1.29 is 14.5 Å². The van der Waals surface area contributed by atoms with Crippen molar-refractivity contribution in [1.29, 1.82) is 0 Å². The molecule has 1 amide bonds. The number of benzene rings is 2. The molecule has 0 bridgehead atoms. The van der Waals surface area contributed by atoms with E-state index in [1.165, 1.54) is 35.6 Å². The molecule has 0 unspecified atom stereocenters. The third-order valence-electron chi connectivity index (χ3n) is 3.79. The highest BCUT2D eigenvalue weighted by Gasteiger charge is 2.09. The molecule has 0 aliphatic heterocycles. The fraction of sp³-hybridized carbons (Fsp3) is 0.158. The van der Waals surface area contributed by atoms with Crippen LogP contribution in [-0.2, 0) is 11.8 Å². The largest absolute Gasteiger partial charge is 0.492 e. The summed E-state index contributed by atoms with van der Waals surface area (Å²) in [5.41, 5.74) is 1.42.